The van der Waals surface area contributed by atoms with Gasteiger partial charge in [0.2, 0.25) is 0 Å². The maximum atomic E-state index is 13.2. The highest BCUT2D eigenvalue weighted by molar-refractivity contribution is 8.27. The van der Waals surface area contributed by atoms with E-state index in [9.17, 15) is 4.79 Å². The molecular formula is C24H22ClN3OS2. The number of amides is 1. The van der Waals surface area contributed by atoms with Crippen LogP contribution in [0.3, 0.4) is 0 Å². The quantitative estimate of drug-likeness (QED) is 0.336. The van der Waals surface area contributed by atoms with E-state index in [1.54, 1.807) is 4.90 Å². The van der Waals surface area contributed by atoms with Crippen molar-refractivity contribution in [2.45, 2.75) is 13.8 Å². The summed E-state index contributed by atoms with van der Waals surface area (Å²) in [5, 5.41) is 0.703. The van der Waals surface area contributed by atoms with Crippen molar-refractivity contribution in [3.8, 4) is 5.69 Å². The molecule has 0 aliphatic carbocycles. The molecule has 0 radical (unpaired) electrons. The van der Waals surface area contributed by atoms with E-state index < -0.39 is 0 Å². The van der Waals surface area contributed by atoms with E-state index in [0.717, 1.165) is 34.0 Å². The van der Waals surface area contributed by atoms with Gasteiger partial charge in [-0.25, -0.2) is 0 Å². The van der Waals surface area contributed by atoms with E-state index in [2.05, 4.69) is 17.6 Å². The van der Waals surface area contributed by atoms with Crippen LogP contribution in [-0.4, -0.2) is 28.9 Å². The summed E-state index contributed by atoms with van der Waals surface area (Å²) in [5.74, 6) is -0.0936. The molecule has 0 N–H and O–H groups in total. The van der Waals surface area contributed by atoms with Gasteiger partial charge in [-0.15, -0.1) is 0 Å². The van der Waals surface area contributed by atoms with Crippen molar-refractivity contribution < 1.29 is 4.79 Å². The number of halogens is 1. The molecule has 0 bridgehead atoms. The summed E-state index contributed by atoms with van der Waals surface area (Å²) in [4.78, 5) is 17.4. The number of thiocarbonyl (C=S) groups is 1. The summed E-state index contributed by atoms with van der Waals surface area (Å²) in [7, 11) is 3.97. The van der Waals surface area contributed by atoms with Crippen molar-refractivity contribution in [1.82, 2.24) is 4.57 Å². The van der Waals surface area contributed by atoms with Crippen LogP contribution in [-0.2, 0) is 4.79 Å². The molecule has 1 saturated heterocycles. The fourth-order valence-electron chi connectivity index (χ4n) is 3.65. The van der Waals surface area contributed by atoms with Crippen molar-refractivity contribution in [2.75, 3.05) is 23.9 Å². The number of hydrogen-bond acceptors (Lipinski definition) is 4. The SMILES string of the molecule is Cc1cc(C=C2SC(=S)N(c3ccc(N(C)C)cc3)C2=O)c(C)n1-c1ccc(Cl)cc1. The number of hydrogen-bond donors (Lipinski definition) is 0. The summed E-state index contributed by atoms with van der Waals surface area (Å²) in [6, 6.07) is 17.6. The molecule has 3 aromatic rings. The van der Waals surface area contributed by atoms with Crippen LogP contribution in [0.1, 0.15) is 17.0 Å². The number of aromatic nitrogens is 1. The van der Waals surface area contributed by atoms with E-state index >= 15 is 0 Å². The van der Waals surface area contributed by atoms with Crippen LogP contribution in [0.2, 0.25) is 5.02 Å². The van der Waals surface area contributed by atoms with Crippen LogP contribution in [0, 0.1) is 13.8 Å². The van der Waals surface area contributed by atoms with Crippen molar-refractivity contribution in [3.63, 3.8) is 0 Å². The molecule has 1 aromatic heterocycles. The monoisotopic (exact) mass is 467 g/mol. The normalized spacial score (nSPS) is 15.3. The first-order valence-electron chi connectivity index (χ1n) is 9.76. The minimum Gasteiger partial charge on any atom is -0.378 e. The number of rotatable bonds is 4. The first-order valence-corrected chi connectivity index (χ1v) is 11.4. The van der Waals surface area contributed by atoms with Gasteiger partial charge in [-0.3, -0.25) is 9.69 Å². The largest absolute Gasteiger partial charge is 0.378 e. The van der Waals surface area contributed by atoms with Gasteiger partial charge in [0, 0.05) is 41.9 Å². The molecule has 158 valence electrons. The second-order valence-electron chi connectivity index (χ2n) is 7.57. The zero-order chi connectivity index (χ0) is 22.3. The molecule has 0 saturated carbocycles. The summed E-state index contributed by atoms with van der Waals surface area (Å²) in [6.07, 6.45) is 1.93. The summed E-state index contributed by atoms with van der Waals surface area (Å²) in [5.41, 5.74) is 6.02. The highest BCUT2D eigenvalue weighted by atomic mass is 35.5. The molecule has 0 spiro atoms. The Morgan fingerprint density at radius 1 is 1.00 bits per heavy atom. The molecule has 0 atom stereocenters. The molecule has 1 amide bonds. The maximum absolute atomic E-state index is 13.2. The van der Waals surface area contributed by atoms with Crippen LogP contribution < -0.4 is 9.80 Å². The van der Waals surface area contributed by atoms with Crippen LogP contribution in [0.5, 0.6) is 0 Å². The van der Waals surface area contributed by atoms with Gasteiger partial charge in [-0.05, 0) is 80.1 Å². The number of thioether (sulfide) groups is 1. The lowest BCUT2D eigenvalue weighted by atomic mass is 10.2. The van der Waals surface area contributed by atoms with Crippen LogP contribution in [0.4, 0.5) is 11.4 Å². The Morgan fingerprint density at radius 3 is 2.23 bits per heavy atom. The number of anilines is 2. The molecule has 1 fully saturated rings. The molecule has 1 aliphatic rings. The molecule has 0 unspecified atom stereocenters. The Balaban J connectivity index is 1.65. The number of benzene rings is 2. The highest BCUT2D eigenvalue weighted by Gasteiger charge is 2.33. The van der Waals surface area contributed by atoms with Gasteiger partial charge in [0.1, 0.15) is 0 Å². The summed E-state index contributed by atoms with van der Waals surface area (Å²) >= 11 is 12.9. The first-order chi connectivity index (χ1) is 14.8. The third-order valence-corrected chi connectivity index (χ3v) is 6.81. The fraction of sp³-hybridized carbons (Fsp3) is 0.167. The van der Waals surface area contributed by atoms with Gasteiger partial charge in [-0.2, -0.15) is 0 Å². The number of carbonyl (C=O) groups excluding carboxylic acids is 1. The average Bonchev–Trinajstić information content (AvgIpc) is 3.17. The lowest BCUT2D eigenvalue weighted by Crippen LogP contribution is -2.27. The Labute approximate surface area is 197 Å². The van der Waals surface area contributed by atoms with E-state index in [1.165, 1.54) is 11.8 Å². The van der Waals surface area contributed by atoms with E-state index in [1.807, 2.05) is 80.5 Å². The molecule has 7 heteroatoms. The van der Waals surface area contributed by atoms with Gasteiger partial charge in [0.25, 0.3) is 5.91 Å². The molecule has 4 rings (SSSR count). The van der Waals surface area contributed by atoms with Crippen LogP contribution >= 0.6 is 35.6 Å². The van der Waals surface area contributed by atoms with Gasteiger partial charge < -0.3 is 9.47 Å². The summed E-state index contributed by atoms with van der Waals surface area (Å²) in [6.45, 7) is 4.10. The second-order valence-corrected chi connectivity index (χ2v) is 9.68. The minimum absolute atomic E-state index is 0.0936. The zero-order valence-electron chi connectivity index (χ0n) is 17.7. The predicted octanol–water partition coefficient (Wildman–Crippen LogP) is 6.22. The first kappa shape index (κ1) is 21.7. The standard InChI is InChI=1S/C24H22ClN3OS2/c1-15-13-17(16(2)27(15)20-7-5-18(25)6-8-20)14-22-23(29)28(24(30)31-22)21-11-9-19(10-12-21)26(3)4/h5-14H,1-4H3. The Morgan fingerprint density at radius 2 is 1.61 bits per heavy atom. The fourth-order valence-corrected chi connectivity index (χ4v) is 5.07. The molecule has 2 aromatic carbocycles. The van der Waals surface area contributed by atoms with Crippen LogP contribution in [0.15, 0.2) is 59.5 Å². The third kappa shape index (κ3) is 4.15. The molecule has 1 aliphatic heterocycles. The Hall–Kier alpha value is -2.54. The molecule has 4 nitrogen and oxygen atoms in total. The van der Waals surface area contributed by atoms with Gasteiger partial charge in [-0.1, -0.05) is 35.6 Å². The Bertz CT molecular complexity index is 1190. The van der Waals surface area contributed by atoms with Crippen molar-refractivity contribution in [1.29, 1.82) is 0 Å². The Kier molecular flexibility index (Phi) is 5.97. The lowest BCUT2D eigenvalue weighted by Gasteiger charge is -2.17. The number of carbonyl (C=O) groups is 1. The summed E-state index contributed by atoms with van der Waals surface area (Å²) < 4.78 is 2.70. The van der Waals surface area contributed by atoms with Gasteiger partial charge in [0.15, 0.2) is 4.32 Å². The van der Waals surface area contributed by atoms with E-state index in [0.29, 0.717) is 14.2 Å². The average molecular weight is 468 g/mol. The maximum Gasteiger partial charge on any atom is 0.270 e. The molecule has 31 heavy (non-hydrogen) atoms. The van der Waals surface area contributed by atoms with E-state index in [-0.39, 0.29) is 5.91 Å². The van der Waals surface area contributed by atoms with Crippen molar-refractivity contribution in [3.05, 3.63) is 81.5 Å². The van der Waals surface area contributed by atoms with Crippen molar-refractivity contribution >= 4 is 63.3 Å². The zero-order valence-corrected chi connectivity index (χ0v) is 20.1. The van der Waals surface area contributed by atoms with Crippen LogP contribution in [0.25, 0.3) is 11.8 Å². The van der Waals surface area contributed by atoms with Gasteiger partial charge >= 0.3 is 0 Å². The van der Waals surface area contributed by atoms with Crippen molar-refractivity contribution in [2.24, 2.45) is 0 Å². The second kappa shape index (κ2) is 8.54. The predicted molar refractivity (Wildman–Crippen MR) is 137 cm³/mol. The number of nitrogens with zero attached hydrogens (tertiary/aromatic N) is 3. The lowest BCUT2D eigenvalue weighted by molar-refractivity contribution is -0.113. The number of aryl methyl sites for hydroxylation is 1. The van der Waals surface area contributed by atoms with Gasteiger partial charge in [0.05, 0.1) is 10.6 Å². The highest BCUT2D eigenvalue weighted by Crippen LogP contribution is 2.37. The smallest absolute Gasteiger partial charge is 0.270 e. The molecule has 2 heterocycles. The minimum atomic E-state index is -0.0936. The van der Waals surface area contributed by atoms with E-state index in [4.69, 9.17) is 23.8 Å². The molecular weight excluding hydrogens is 446 g/mol. The topological polar surface area (TPSA) is 28.5 Å². The third-order valence-electron chi connectivity index (χ3n) is 5.26.